The highest BCUT2D eigenvalue weighted by atomic mass is 79.9. The van der Waals surface area contributed by atoms with Gasteiger partial charge in [-0.25, -0.2) is 0 Å². The van der Waals surface area contributed by atoms with Crippen molar-refractivity contribution in [2.75, 3.05) is 0 Å². The summed E-state index contributed by atoms with van der Waals surface area (Å²) in [6.07, 6.45) is 0. The van der Waals surface area contributed by atoms with Crippen LogP contribution in [0.2, 0.25) is 0 Å². The summed E-state index contributed by atoms with van der Waals surface area (Å²) >= 11 is 5.84. The first-order valence-electron chi connectivity index (χ1n) is 17.6. The number of hydrogen-bond acceptors (Lipinski definition) is 2. The molecular weight excluding hydrogens is 717 g/mol. The number of rotatable bonds is 4. The van der Waals surface area contributed by atoms with Crippen LogP contribution < -0.4 is 0 Å². The van der Waals surface area contributed by atoms with Gasteiger partial charge in [-0.15, -0.1) is 11.3 Å². The molecule has 52 heavy (non-hydrogen) atoms. The number of hydrogen-bond donors (Lipinski definition) is 0. The van der Waals surface area contributed by atoms with Crippen LogP contribution >= 0.6 is 27.3 Å². The minimum Gasteiger partial charge on any atom is -0.455 e. The van der Waals surface area contributed by atoms with Gasteiger partial charge in [0.1, 0.15) is 11.2 Å². The molecule has 0 N–H and O–H groups in total. The van der Waals surface area contributed by atoms with Crippen molar-refractivity contribution >= 4 is 69.4 Å². The maximum absolute atomic E-state index is 6.45. The lowest BCUT2D eigenvalue weighted by molar-refractivity contribution is 0.670. The third-order valence-corrected chi connectivity index (χ3v) is 13.0. The SMILES string of the molecule is Brc1cccc2c1-c1ccccc1C2(c1ccc(-c2cccc3c2oc2ccccc23)cc1)c1ccc(-c2cccc3c2sc2ccccc23)cc1. The molecule has 2 heterocycles. The molecule has 244 valence electrons. The fourth-order valence-corrected chi connectivity index (χ4v) is 10.6. The van der Waals surface area contributed by atoms with Crippen molar-refractivity contribution in [1.82, 2.24) is 0 Å². The molecule has 11 rings (SSSR count). The second-order valence-electron chi connectivity index (χ2n) is 13.7. The number of halogens is 1. The van der Waals surface area contributed by atoms with Crippen LogP contribution in [0.1, 0.15) is 22.3 Å². The Bertz CT molecular complexity index is 2860. The predicted octanol–water partition coefficient (Wildman–Crippen LogP) is 14.4. The maximum Gasteiger partial charge on any atom is 0.143 e. The van der Waals surface area contributed by atoms with Crippen molar-refractivity contribution in [3.8, 4) is 33.4 Å². The number of furan rings is 1. The standard InChI is InChI=1S/C49H29BrOS/c50-43-19-9-18-42-46(43)40-12-1-4-17-41(40)49(42,32-26-22-30(23-27-32)34-13-7-15-38-36-10-2-5-20-44(36)51-47(34)38)33-28-24-31(25-29-33)35-14-8-16-39-37-11-3-6-21-45(37)52-48(35)39/h1-29H. The van der Waals surface area contributed by atoms with Gasteiger partial charge >= 0.3 is 0 Å². The van der Waals surface area contributed by atoms with E-state index in [1.165, 1.54) is 64.7 Å². The van der Waals surface area contributed by atoms with Gasteiger partial charge < -0.3 is 4.42 Å². The first kappa shape index (κ1) is 29.9. The van der Waals surface area contributed by atoms with Gasteiger partial charge in [0.25, 0.3) is 0 Å². The van der Waals surface area contributed by atoms with Crippen LogP contribution in [0.3, 0.4) is 0 Å². The fraction of sp³-hybridized carbons (Fsp3) is 0.0204. The number of benzene rings is 8. The number of fused-ring (bicyclic) bond motifs is 9. The fourth-order valence-electron chi connectivity index (χ4n) is 8.82. The summed E-state index contributed by atoms with van der Waals surface area (Å²) in [5, 5.41) is 4.93. The van der Waals surface area contributed by atoms with Crippen molar-refractivity contribution in [3.05, 3.63) is 203 Å². The van der Waals surface area contributed by atoms with E-state index in [1.54, 1.807) is 0 Å². The molecule has 1 aliphatic rings. The molecule has 2 aromatic heterocycles. The summed E-state index contributed by atoms with van der Waals surface area (Å²) < 4.78 is 10.2. The average molecular weight is 746 g/mol. The smallest absolute Gasteiger partial charge is 0.143 e. The van der Waals surface area contributed by atoms with Gasteiger partial charge in [-0.1, -0.05) is 174 Å². The van der Waals surface area contributed by atoms with E-state index in [9.17, 15) is 0 Å². The Kier molecular flexibility index (Phi) is 6.55. The Hall–Kier alpha value is -5.74. The van der Waals surface area contributed by atoms with Crippen molar-refractivity contribution in [2.24, 2.45) is 0 Å². The summed E-state index contributed by atoms with van der Waals surface area (Å²) in [4.78, 5) is 0. The molecule has 0 amide bonds. The second-order valence-corrected chi connectivity index (χ2v) is 15.6. The molecule has 0 spiro atoms. The van der Waals surface area contributed by atoms with E-state index < -0.39 is 5.41 Å². The van der Waals surface area contributed by atoms with E-state index in [0.29, 0.717) is 0 Å². The number of para-hydroxylation sites is 2. The highest BCUT2D eigenvalue weighted by molar-refractivity contribution is 9.10. The highest BCUT2D eigenvalue weighted by Crippen LogP contribution is 2.58. The van der Waals surface area contributed by atoms with E-state index >= 15 is 0 Å². The molecule has 0 radical (unpaired) electrons. The van der Waals surface area contributed by atoms with Crippen LogP contribution in [-0.2, 0) is 5.41 Å². The van der Waals surface area contributed by atoms with Crippen molar-refractivity contribution in [1.29, 1.82) is 0 Å². The van der Waals surface area contributed by atoms with E-state index in [-0.39, 0.29) is 0 Å². The lowest BCUT2D eigenvalue weighted by Gasteiger charge is -2.34. The molecule has 0 saturated heterocycles. The second kappa shape index (κ2) is 11.4. The summed E-state index contributed by atoms with van der Waals surface area (Å²) in [5.41, 5.74) is 13.7. The number of thiophene rings is 1. The average Bonchev–Trinajstić information content (AvgIpc) is 3.87. The molecule has 0 saturated carbocycles. The maximum atomic E-state index is 6.45. The molecule has 1 aliphatic carbocycles. The van der Waals surface area contributed by atoms with E-state index in [4.69, 9.17) is 4.42 Å². The lowest BCUT2D eigenvalue weighted by Crippen LogP contribution is -2.28. The van der Waals surface area contributed by atoms with Crippen molar-refractivity contribution in [3.63, 3.8) is 0 Å². The molecule has 1 nitrogen and oxygen atoms in total. The van der Waals surface area contributed by atoms with Crippen LogP contribution in [0.15, 0.2) is 185 Å². The van der Waals surface area contributed by atoms with Crippen LogP contribution in [0.4, 0.5) is 0 Å². The molecule has 8 aromatic carbocycles. The van der Waals surface area contributed by atoms with Crippen LogP contribution in [-0.4, -0.2) is 0 Å². The summed E-state index contributed by atoms with van der Waals surface area (Å²) in [6.45, 7) is 0. The van der Waals surface area contributed by atoms with Crippen LogP contribution in [0.5, 0.6) is 0 Å². The first-order valence-corrected chi connectivity index (χ1v) is 19.2. The Morgan fingerprint density at radius 1 is 0.442 bits per heavy atom. The zero-order chi connectivity index (χ0) is 34.4. The third kappa shape index (κ3) is 4.15. The lowest BCUT2D eigenvalue weighted by atomic mass is 9.67. The monoisotopic (exact) mass is 744 g/mol. The Morgan fingerprint density at radius 3 is 1.83 bits per heavy atom. The summed E-state index contributed by atoms with van der Waals surface area (Å²) in [6, 6.07) is 64.4. The Morgan fingerprint density at radius 2 is 1.02 bits per heavy atom. The minimum absolute atomic E-state index is 0.512. The normalized spacial score (nSPS) is 15.1. The van der Waals surface area contributed by atoms with Crippen LogP contribution in [0.25, 0.3) is 75.5 Å². The highest BCUT2D eigenvalue weighted by Gasteiger charge is 2.46. The largest absolute Gasteiger partial charge is 0.455 e. The van der Waals surface area contributed by atoms with E-state index in [2.05, 4.69) is 180 Å². The Balaban J connectivity index is 1.11. The predicted molar refractivity (Wildman–Crippen MR) is 222 cm³/mol. The third-order valence-electron chi connectivity index (χ3n) is 11.1. The quantitative estimate of drug-likeness (QED) is 0.175. The topological polar surface area (TPSA) is 13.1 Å². The van der Waals surface area contributed by atoms with Gasteiger partial charge in [0.2, 0.25) is 0 Å². The molecule has 3 heteroatoms. The van der Waals surface area contributed by atoms with E-state index in [0.717, 1.165) is 37.5 Å². The minimum atomic E-state index is -0.512. The molecule has 1 unspecified atom stereocenters. The first-order chi connectivity index (χ1) is 25.7. The van der Waals surface area contributed by atoms with Crippen molar-refractivity contribution in [2.45, 2.75) is 5.41 Å². The van der Waals surface area contributed by atoms with Gasteiger partial charge in [-0.2, -0.15) is 0 Å². The molecule has 0 fully saturated rings. The Labute approximate surface area is 313 Å². The van der Waals surface area contributed by atoms with Gasteiger partial charge in [0.15, 0.2) is 0 Å². The molecule has 0 bridgehead atoms. The molecule has 0 aliphatic heterocycles. The van der Waals surface area contributed by atoms with Gasteiger partial charge in [0, 0.05) is 46.5 Å². The van der Waals surface area contributed by atoms with Gasteiger partial charge in [-0.3, -0.25) is 0 Å². The summed E-state index contributed by atoms with van der Waals surface area (Å²) in [5.74, 6) is 0. The molecule has 10 aromatic rings. The summed E-state index contributed by atoms with van der Waals surface area (Å²) in [7, 11) is 0. The van der Waals surface area contributed by atoms with Crippen molar-refractivity contribution < 1.29 is 4.42 Å². The van der Waals surface area contributed by atoms with Gasteiger partial charge in [-0.05, 0) is 62.7 Å². The zero-order valence-corrected chi connectivity index (χ0v) is 30.3. The molecule has 1 atom stereocenters. The zero-order valence-electron chi connectivity index (χ0n) is 27.9. The molecular formula is C49H29BrOS. The van der Waals surface area contributed by atoms with E-state index in [1.807, 2.05) is 23.5 Å². The van der Waals surface area contributed by atoms with Gasteiger partial charge in [0.05, 0.1) is 5.41 Å². The van der Waals surface area contributed by atoms with Crippen LogP contribution in [0, 0.1) is 0 Å².